The van der Waals surface area contributed by atoms with Crippen molar-refractivity contribution in [2.75, 3.05) is 73.4 Å². The van der Waals surface area contributed by atoms with Gasteiger partial charge in [-0.3, -0.25) is 9.48 Å². The van der Waals surface area contributed by atoms with Crippen molar-refractivity contribution in [1.82, 2.24) is 30.3 Å². The van der Waals surface area contributed by atoms with E-state index in [9.17, 15) is 14.4 Å². The highest BCUT2D eigenvalue weighted by molar-refractivity contribution is 6.45. The Morgan fingerprint density at radius 1 is 0.870 bits per heavy atom. The van der Waals surface area contributed by atoms with E-state index in [0.717, 1.165) is 115 Å². The van der Waals surface area contributed by atoms with E-state index in [1.165, 1.54) is 44.7 Å². The van der Waals surface area contributed by atoms with E-state index in [4.69, 9.17) is 48.9 Å². The third-order valence-corrected chi connectivity index (χ3v) is 12.8. The molecule has 0 radical (unpaired) electrons. The quantitative estimate of drug-likeness (QED) is 0.0116. The number of amides is 1. The number of unbranched alkanes of at least 4 members (excludes halogenated alkanes) is 7. The van der Waals surface area contributed by atoms with Crippen LogP contribution in [0.3, 0.4) is 0 Å². The summed E-state index contributed by atoms with van der Waals surface area (Å²) in [7, 11) is 3.93. The number of nitrogens with zero attached hydrogens (tertiary/aromatic N) is 4. The van der Waals surface area contributed by atoms with E-state index in [1.54, 1.807) is 29.4 Å². The number of carbonyl (C=O) groups is 3. The molecule has 1 aliphatic heterocycles. The highest BCUT2D eigenvalue weighted by Gasteiger charge is 2.27. The van der Waals surface area contributed by atoms with Gasteiger partial charge in [0.1, 0.15) is 18.4 Å². The number of aldehydes is 2. The average Bonchev–Trinajstić information content (AvgIpc) is 4.14. The predicted octanol–water partition coefficient (Wildman–Crippen LogP) is 10.2. The number of aliphatic imine (C=N–C) groups is 1. The first-order valence-corrected chi connectivity index (χ1v) is 27.7. The maximum absolute atomic E-state index is 12.2. The van der Waals surface area contributed by atoms with E-state index < -0.39 is 0 Å². The van der Waals surface area contributed by atoms with E-state index in [2.05, 4.69) is 51.0 Å². The van der Waals surface area contributed by atoms with Crippen LogP contribution in [0.4, 0.5) is 0 Å². The first-order valence-electron chi connectivity index (χ1n) is 26.9. The van der Waals surface area contributed by atoms with Gasteiger partial charge >= 0.3 is 0 Å². The number of fused-ring (bicyclic) bond motifs is 3. The molecule has 0 saturated carbocycles. The van der Waals surface area contributed by atoms with Crippen LogP contribution in [0.1, 0.15) is 108 Å². The largest absolute Gasteiger partial charge is 0.405 e. The smallest absolute Gasteiger partial charge is 0.222 e. The number of nitrogens with one attached hydrogen (secondary N) is 3. The lowest BCUT2D eigenvalue weighted by atomic mass is 9.99. The third kappa shape index (κ3) is 25.9. The van der Waals surface area contributed by atoms with Gasteiger partial charge in [0.2, 0.25) is 5.91 Å². The zero-order chi connectivity index (χ0) is 56.5. The normalized spacial score (nSPS) is 12.8. The van der Waals surface area contributed by atoms with Crippen LogP contribution < -0.4 is 27.8 Å². The van der Waals surface area contributed by atoms with Crippen LogP contribution in [0.2, 0.25) is 10.0 Å². The summed E-state index contributed by atoms with van der Waals surface area (Å²) >= 11 is 12.8. The van der Waals surface area contributed by atoms with Crippen molar-refractivity contribution in [2.45, 2.75) is 111 Å². The summed E-state index contributed by atoms with van der Waals surface area (Å²) in [6.45, 7) is 16.7. The number of likely N-dealkylation sites (N-methyl/N-ethyl adjacent to an activating group) is 1. The molecule has 424 valence electrons. The molecule has 0 aliphatic carbocycles. The molecule has 0 atom stereocenters. The number of halogens is 2. The Morgan fingerprint density at radius 3 is 2.17 bits per heavy atom. The number of allylic oxidation sites excluding steroid dienone is 6. The van der Waals surface area contributed by atoms with Crippen molar-refractivity contribution in [3.63, 3.8) is 0 Å². The molecule has 3 heterocycles. The van der Waals surface area contributed by atoms with E-state index >= 15 is 0 Å². The average molecular weight is 1100 g/mol. The van der Waals surface area contributed by atoms with E-state index in [0.29, 0.717) is 73.9 Å². The van der Waals surface area contributed by atoms with Crippen LogP contribution in [0.15, 0.2) is 108 Å². The topological polar surface area (TPSA) is 230 Å². The summed E-state index contributed by atoms with van der Waals surface area (Å²) in [6, 6.07) is 13.6. The molecular weight excluding hydrogens is 1020 g/mol. The fourth-order valence-electron chi connectivity index (χ4n) is 7.90. The molecule has 9 N–H and O–H groups in total. The van der Waals surface area contributed by atoms with Gasteiger partial charge in [-0.05, 0) is 100 Å². The van der Waals surface area contributed by atoms with Gasteiger partial charge in [0.05, 0.1) is 60.8 Å². The molecule has 1 aliphatic rings. The number of hydrogen-bond donors (Lipinski definition) is 6. The summed E-state index contributed by atoms with van der Waals surface area (Å²) in [5.74, 6) is 0.608. The Morgan fingerprint density at radius 2 is 1.53 bits per heavy atom. The molecule has 5 rings (SSSR count). The Kier molecular flexibility index (Phi) is 36.9. The number of ether oxygens (including phenoxy) is 3. The summed E-state index contributed by atoms with van der Waals surface area (Å²) in [5.41, 5.74) is 24.8. The van der Waals surface area contributed by atoms with Gasteiger partial charge in [-0.2, -0.15) is 5.10 Å². The third-order valence-electron chi connectivity index (χ3n) is 12.0. The van der Waals surface area contributed by atoms with Gasteiger partial charge in [-0.1, -0.05) is 118 Å². The number of rotatable bonds is 32. The monoisotopic (exact) mass is 1100 g/mol. The van der Waals surface area contributed by atoms with Crippen molar-refractivity contribution >= 4 is 64.4 Å². The highest BCUT2D eigenvalue weighted by atomic mass is 35.5. The fraction of sp³-hybridized carbons (Fsp3) is 0.475. The van der Waals surface area contributed by atoms with Gasteiger partial charge in [0.15, 0.2) is 0 Å². The fourth-order valence-corrected chi connectivity index (χ4v) is 8.30. The molecule has 0 bridgehead atoms. The maximum Gasteiger partial charge on any atom is 0.222 e. The second-order valence-electron chi connectivity index (χ2n) is 17.8. The molecule has 1 amide bonds. The van der Waals surface area contributed by atoms with Gasteiger partial charge < -0.3 is 61.5 Å². The Labute approximate surface area is 468 Å². The number of aromatic amines is 1. The molecule has 0 fully saturated rings. The van der Waals surface area contributed by atoms with Crippen LogP contribution in [0.5, 0.6) is 0 Å². The number of nitrogens with two attached hydrogens (primary N) is 3. The number of benzene rings is 2. The van der Waals surface area contributed by atoms with Crippen LogP contribution >= 0.6 is 23.2 Å². The molecule has 16 nitrogen and oxygen atoms in total. The van der Waals surface area contributed by atoms with Gasteiger partial charge in [-0.25, -0.2) is 4.99 Å². The molecule has 2 aromatic heterocycles. The molecule has 18 heteroatoms. The summed E-state index contributed by atoms with van der Waals surface area (Å²) in [6.07, 6.45) is 26.2. The number of aromatic nitrogens is 3. The SMILES string of the molecule is C=CN.CC/C=C(/C=N\C(N)=C(/C)c1ccccc1)C(\C=C/CCCC=O)=C\N.CCC(=O)N1CCc2[nH]c3c(Cl)c(Cl)cc(-c4ccn(CC=O)n4)c3c2C1.CNCCCCCCCCOCCOCCOCCNC. The summed E-state index contributed by atoms with van der Waals surface area (Å²) in [4.78, 5) is 43.0. The van der Waals surface area contributed by atoms with Gasteiger partial charge in [0, 0.05) is 86.3 Å². The Bertz CT molecular complexity index is 2450. The second-order valence-corrected chi connectivity index (χ2v) is 18.6. The molecular formula is C59H88Cl2N10O6. The van der Waals surface area contributed by atoms with Gasteiger partial charge in [-0.15, -0.1) is 0 Å². The highest BCUT2D eigenvalue weighted by Crippen LogP contribution is 2.42. The van der Waals surface area contributed by atoms with Crippen LogP contribution in [-0.2, 0) is 48.1 Å². The first-order chi connectivity index (χ1) is 37.5. The van der Waals surface area contributed by atoms with Crippen LogP contribution in [0, 0.1) is 0 Å². The lowest BCUT2D eigenvalue weighted by Gasteiger charge is -2.27. The summed E-state index contributed by atoms with van der Waals surface area (Å²) in [5, 5.41) is 12.5. The lowest BCUT2D eigenvalue weighted by Crippen LogP contribution is -2.35. The van der Waals surface area contributed by atoms with Gasteiger partial charge in [0.25, 0.3) is 0 Å². The number of hydrogen-bond acceptors (Lipinski definition) is 13. The number of H-pyrrole nitrogens is 1. The first kappa shape index (κ1) is 67.3. The Balaban J connectivity index is 0.000000388. The minimum atomic E-state index is 0.131. The van der Waals surface area contributed by atoms with Crippen molar-refractivity contribution < 1.29 is 28.6 Å². The second kappa shape index (κ2) is 42.2. The molecule has 2 aromatic carbocycles. The predicted molar refractivity (Wildman–Crippen MR) is 319 cm³/mol. The molecule has 77 heavy (non-hydrogen) atoms. The van der Waals surface area contributed by atoms with Crippen molar-refractivity contribution in [3.8, 4) is 11.3 Å². The molecule has 0 unspecified atom stereocenters. The van der Waals surface area contributed by atoms with Crippen molar-refractivity contribution in [2.24, 2.45) is 22.2 Å². The van der Waals surface area contributed by atoms with Crippen LogP contribution in [0.25, 0.3) is 27.7 Å². The molecule has 0 saturated heterocycles. The zero-order valence-electron chi connectivity index (χ0n) is 46.4. The lowest BCUT2D eigenvalue weighted by molar-refractivity contribution is -0.131. The minimum absolute atomic E-state index is 0.131. The number of carbonyl (C=O) groups excluding carboxylic acids is 3. The minimum Gasteiger partial charge on any atom is -0.405 e. The maximum atomic E-state index is 12.2. The zero-order valence-corrected chi connectivity index (χ0v) is 47.9. The Hall–Kier alpha value is -5.85. The van der Waals surface area contributed by atoms with Crippen molar-refractivity contribution in [1.29, 1.82) is 0 Å². The van der Waals surface area contributed by atoms with Crippen molar-refractivity contribution in [3.05, 3.63) is 130 Å². The molecule has 0 spiro atoms. The van der Waals surface area contributed by atoms with Crippen LogP contribution in [-0.4, -0.2) is 118 Å². The summed E-state index contributed by atoms with van der Waals surface area (Å²) < 4.78 is 17.9. The van der Waals surface area contributed by atoms with E-state index in [1.807, 2.05) is 81.4 Å². The molecule has 4 aromatic rings. The van der Waals surface area contributed by atoms with E-state index in [-0.39, 0.29) is 12.5 Å². The standard InChI is InChI=1S/C22H29N3O.C19H18Cl2N4O2.C16H36N2O3.C2H5N/c1-3-11-21(20(16-23)14-7-4-5-10-15-26)17-25-22(24)18(2)19-12-8-6-9-13-19;1-2-16(27)24-5-3-14-12(10-24)17-11(9-13(20)18(21)19(17)22-14)15-4-6-25(23-15)7-8-26;1-17-9-7-5-3-4-6-8-11-19-13-15-21-16-14-20-12-10-18-2;1-2-3/h6-9,11-17H,3-5,10,23-24H2,1-2H3;4,6,8-9,22H,2-3,5,7,10H2,1H3;17-18H,3-16H2,1-2H3;2H,1,3H2/b14-7-,20-16+,21-11-,22-18+,25-17-;;;.